The predicted octanol–water partition coefficient (Wildman–Crippen LogP) is -0.286. The molecule has 0 fully saturated rings. The smallest absolute Gasteiger partial charge is 0.466 e. The van der Waals surface area contributed by atoms with E-state index in [0.717, 1.165) is 26.2 Å². The van der Waals surface area contributed by atoms with E-state index in [-0.39, 0.29) is 0 Å². The van der Waals surface area contributed by atoms with Crippen LogP contribution in [0.5, 0.6) is 0 Å². The molecule has 2 N–H and O–H groups in total. The van der Waals surface area contributed by atoms with E-state index in [1.165, 1.54) is 0 Å². The van der Waals surface area contributed by atoms with E-state index in [9.17, 15) is 14.2 Å². The highest BCUT2D eigenvalue weighted by atomic mass is 31.2. The van der Waals surface area contributed by atoms with E-state index >= 15 is 0 Å². The van der Waals surface area contributed by atoms with Crippen molar-refractivity contribution >= 4 is 19.8 Å². The highest BCUT2D eigenvalue weighted by molar-refractivity contribution is 7.46. The standard InChI is InChI=1S/C7H11O8P/c1-5(15-16(10,11)12)14-7(9)4-3-6(8)13-2/h3-5H,1-2H3,(H2,10,11,12)/b4-3+. The molecular formula is C7H11O8P. The van der Waals surface area contributed by atoms with Crippen LogP contribution in [-0.2, 0) is 28.2 Å². The zero-order chi connectivity index (χ0) is 12.8. The van der Waals surface area contributed by atoms with Gasteiger partial charge in [0, 0.05) is 12.2 Å². The molecule has 0 spiro atoms. The Labute approximate surface area is 91.0 Å². The van der Waals surface area contributed by atoms with Crippen molar-refractivity contribution in [3.05, 3.63) is 12.2 Å². The quantitative estimate of drug-likeness (QED) is 0.297. The van der Waals surface area contributed by atoms with Crippen LogP contribution in [0.2, 0.25) is 0 Å². The molecule has 92 valence electrons. The SMILES string of the molecule is COC(=O)/C=C/C(=O)OC(C)OP(=O)(O)O. The monoisotopic (exact) mass is 254 g/mol. The number of methoxy groups -OCH3 is 1. The van der Waals surface area contributed by atoms with Crippen LogP contribution in [0.25, 0.3) is 0 Å². The van der Waals surface area contributed by atoms with Gasteiger partial charge in [-0.1, -0.05) is 0 Å². The lowest BCUT2D eigenvalue weighted by Crippen LogP contribution is -2.15. The maximum atomic E-state index is 10.9. The molecule has 1 unspecified atom stereocenters. The highest BCUT2D eigenvalue weighted by Gasteiger charge is 2.20. The lowest BCUT2D eigenvalue weighted by Gasteiger charge is -2.12. The van der Waals surface area contributed by atoms with Gasteiger partial charge in [0.05, 0.1) is 7.11 Å². The number of phosphoric ester groups is 1. The second kappa shape index (κ2) is 6.39. The first-order valence-corrected chi connectivity index (χ1v) is 5.48. The third kappa shape index (κ3) is 8.13. The fourth-order valence-electron chi connectivity index (χ4n) is 0.622. The van der Waals surface area contributed by atoms with Crippen LogP contribution in [0.1, 0.15) is 6.92 Å². The van der Waals surface area contributed by atoms with Crippen molar-refractivity contribution in [2.24, 2.45) is 0 Å². The third-order valence-electron chi connectivity index (χ3n) is 1.12. The minimum atomic E-state index is -4.71. The number of hydrogen-bond acceptors (Lipinski definition) is 6. The van der Waals surface area contributed by atoms with Crippen LogP contribution < -0.4 is 0 Å². The maximum absolute atomic E-state index is 10.9. The van der Waals surface area contributed by atoms with Gasteiger partial charge in [0.1, 0.15) is 0 Å². The Kier molecular flexibility index (Phi) is 5.91. The molecule has 0 bridgehead atoms. The molecule has 1 atom stereocenters. The van der Waals surface area contributed by atoms with Gasteiger partial charge in [-0.15, -0.1) is 0 Å². The summed E-state index contributed by atoms with van der Waals surface area (Å²) in [6.07, 6.45) is 0.105. The summed E-state index contributed by atoms with van der Waals surface area (Å²) in [5.74, 6) is -1.76. The molecule has 0 radical (unpaired) electrons. The summed E-state index contributed by atoms with van der Waals surface area (Å²) in [6.45, 7) is 1.11. The number of ether oxygens (including phenoxy) is 2. The van der Waals surface area contributed by atoms with Crippen LogP contribution in [0, 0.1) is 0 Å². The van der Waals surface area contributed by atoms with Gasteiger partial charge in [-0.25, -0.2) is 18.7 Å². The van der Waals surface area contributed by atoms with E-state index in [2.05, 4.69) is 14.0 Å². The number of phosphoric acid groups is 1. The summed E-state index contributed by atoms with van der Waals surface area (Å²) in [6, 6.07) is 0. The Morgan fingerprint density at radius 1 is 1.25 bits per heavy atom. The number of carbonyl (C=O) groups is 2. The summed E-state index contributed by atoms with van der Waals surface area (Å²) in [4.78, 5) is 38.2. The number of rotatable bonds is 5. The normalized spacial score (nSPS) is 13.5. The van der Waals surface area contributed by atoms with Crippen molar-refractivity contribution < 1.29 is 37.9 Å². The van der Waals surface area contributed by atoms with Gasteiger partial charge in [0.15, 0.2) is 0 Å². The largest absolute Gasteiger partial charge is 0.472 e. The van der Waals surface area contributed by atoms with E-state index < -0.39 is 26.1 Å². The minimum Gasteiger partial charge on any atom is -0.466 e. The Morgan fingerprint density at radius 3 is 2.19 bits per heavy atom. The van der Waals surface area contributed by atoms with Crippen molar-refractivity contribution in [1.29, 1.82) is 0 Å². The number of hydrogen-bond donors (Lipinski definition) is 2. The molecule has 0 aliphatic heterocycles. The second-order valence-corrected chi connectivity index (χ2v) is 3.65. The molecule has 0 amide bonds. The van der Waals surface area contributed by atoms with Gasteiger partial charge in [-0.2, -0.15) is 0 Å². The summed E-state index contributed by atoms with van der Waals surface area (Å²) in [5.41, 5.74) is 0. The summed E-state index contributed by atoms with van der Waals surface area (Å²) in [5, 5.41) is 0. The van der Waals surface area contributed by atoms with Gasteiger partial charge in [0.2, 0.25) is 6.29 Å². The fraction of sp³-hybridized carbons (Fsp3) is 0.429. The zero-order valence-corrected chi connectivity index (χ0v) is 9.42. The first kappa shape index (κ1) is 14.8. The van der Waals surface area contributed by atoms with E-state index in [1.54, 1.807) is 0 Å². The zero-order valence-electron chi connectivity index (χ0n) is 8.52. The molecule has 0 aromatic rings. The molecule has 0 saturated heterocycles. The molecule has 0 aromatic heterocycles. The molecule has 0 aliphatic carbocycles. The summed E-state index contributed by atoms with van der Waals surface area (Å²) >= 11 is 0. The molecule has 0 aromatic carbocycles. The molecule has 0 heterocycles. The van der Waals surface area contributed by atoms with E-state index in [4.69, 9.17) is 9.79 Å². The van der Waals surface area contributed by atoms with Gasteiger partial charge < -0.3 is 19.3 Å². The maximum Gasteiger partial charge on any atom is 0.472 e. The predicted molar refractivity (Wildman–Crippen MR) is 49.8 cm³/mol. The molecule has 16 heavy (non-hydrogen) atoms. The summed E-state index contributed by atoms with van der Waals surface area (Å²) < 4.78 is 22.9. The highest BCUT2D eigenvalue weighted by Crippen LogP contribution is 2.37. The van der Waals surface area contributed by atoms with Gasteiger partial charge >= 0.3 is 19.8 Å². The molecule has 0 saturated carbocycles. The van der Waals surface area contributed by atoms with Crippen molar-refractivity contribution in [3.63, 3.8) is 0 Å². The van der Waals surface area contributed by atoms with Gasteiger partial charge in [-0.3, -0.25) is 0 Å². The third-order valence-corrected chi connectivity index (χ3v) is 1.70. The average Bonchev–Trinajstić information content (AvgIpc) is 2.10. The topological polar surface area (TPSA) is 119 Å². The van der Waals surface area contributed by atoms with Crippen LogP contribution in [0.4, 0.5) is 0 Å². The molecule has 0 rings (SSSR count). The number of carbonyl (C=O) groups excluding carboxylic acids is 2. The lowest BCUT2D eigenvalue weighted by atomic mass is 10.5. The van der Waals surface area contributed by atoms with Gasteiger partial charge in [-0.05, 0) is 6.92 Å². The first-order valence-electron chi connectivity index (χ1n) is 3.95. The van der Waals surface area contributed by atoms with E-state index in [0.29, 0.717) is 0 Å². The molecule has 9 heteroatoms. The van der Waals surface area contributed by atoms with E-state index in [1.807, 2.05) is 0 Å². The van der Waals surface area contributed by atoms with Crippen LogP contribution in [0.3, 0.4) is 0 Å². The van der Waals surface area contributed by atoms with Crippen LogP contribution >= 0.6 is 7.82 Å². The van der Waals surface area contributed by atoms with Crippen LogP contribution in [0.15, 0.2) is 12.2 Å². The summed E-state index contributed by atoms with van der Waals surface area (Å²) in [7, 11) is -3.59. The second-order valence-electron chi connectivity index (χ2n) is 2.46. The number of esters is 2. The Hall–Kier alpha value is -1.21. The molecular weight excluding hydrogens is 243 g/mol. The fourth-order valence-corrected chi connectivity index (χ4v) is 1.05. The first-order chi connectivity index (χ1) is 7.24. The Balaban J connectivity index is 4.11. The van der Waals surface area contributed by atoms with Crippen molar-refractivity contribution in [1.82, 2.24) is 0 Å². The van der Waals surface area contributed by atoms with Gasteiger partial charge in [0.25, 0.3) is 0 Å². The molecule has 0 aliphatic rings. The van der Waals surface area contributed by atoms with Crippen molar-refractivity contribution in [3.8, 4) is 0 Å². The van der Waals surface area contributed by atoms with Crippen LogP contribution in [-0.4, -0.2) is 35.1 Å². The Bertz CT molecular complexity index is 329. The average molecular weight is 254 g/mol. The Morgan fingerprint density at radius 2 is 1.75 bits per heavy atom. The van der Waals surface area contributed by atoms with Crippen molar-refractivity contribution in [2.75, 3.05) is 7.11 Å². The minimum absolute atomic E-state index is 0.741. The van der Waals surface area contributed by atoms with Crippen molar-refractivity contribution in [2.45, 2.75) is 13.2 Å². The molecule has 8 nitrogen and oxygen atoms in total. The lowest BCUT2D eigenvalue weighted by molar-refractivity contribution is -0.156.